The second-order valence-corrected chi connectivity index (χ2v) is 3.36. The number of aryl methyl sites for hydroxylation is 1. The Morgan fingerprint density at radius 1 is 1.56 bits per heavy atom. The number of aromatic nitrogens is 3. The number of carbonyl (C=O) groups excluding carboxylic acids is 1. The van der Waals surface area contributed by atoms with Crippen molar-refractivity contribution in [2.24, 2.45) is 0 Å². The van der Waals surface area contributed by atoms with Crippen molar-refractivity contribution in [3.05, 3.63) is 24.2 Å². The largest absolute Gasteiger partial charge is 0.466 e. The number of nitrogens with zero attached hydrogens (tertiary/aromatic N) is 2. The van der Waals surface area contributed by atoms with Crippen LogP contribution in [0.5, 0.6) is 0 Å². The van der Waals surface area contributed by atoms with Crippen molar-refractivity contribution < 1.29 is 9.53 Å². The Labute approximate surface area is 92.9 Å². The van der Waals surface area contributed by atoms with E-state index in [-0.39, 0.29) is 5.97 Å². The first-order valence-corrected chi connectivity index (χ1v) is 5.25. The van der Waals surface area contributed by atoms with E-state index < -0.39 is 0 Å². The normalized spacial score (nSPS) is 10.6. The molecule has 0 amide bonds. The van der Waals surface area contributed by atoms with E-state index in [4.69, 9.17) is 4.74 Å². The van der Waals surface area contributed by atoms with Gasteiger partial charge in [0.25, 0.3) is 0 Å². The zero-order valence-electron chi connectivity index (χ0n) is 9.06. The highest BCUT2D eigenvalue weighted by molar-refractivity contribution is 5.71. The van der Waals surface area contributed by atoms with Crippen molar-refractivity contribution in [3.63, 3.8) is 0 Å². The number of aromatic amines is 1. The summed E-state index contributed by atoms with van der Waals surface area (Å²) >= 11 is 0. The number of fused-ring (bicyclic) bond motifs is 1. The lowest BCUT2D eigenvalue weighted by atomic mass is 10.3. The van der Waals surface area contributed by atoms with Crippen molar-refractivity contribution in [1.82, 2.24) is 15.0 Å². The molecule has 0 aliphatic heterocycles. The molecule has 16 heavy (non-hydrogen) atoms. The van der Waals surface area contributed by atoms with Gasteiger partial charge in [0.2, 0.25) is 0 Å². The smallest absolute Gasteiger partial charge is 0.306 e. The van der Waals surface area contributed by atoms with Crippen LogP contribution < -0.4 is 0 Å². The number of ether oxygens (including phenoxy) is 1. The summed E-state index contributed by atoms with van der Waals surface area (Å²) in [5.74, 6) is 0.567. The minimum absolute atomic E-state index is 0.198. The maximum absolute atomic E-state index is 11.2. The molecule has 0 unspecified atom stereocenters. The van der Waals surface area contributed by atoms with E-state index >= 15 is 0 Å². The molecule has 2 heterocycles. The second-order valence-electron chi connectivity index (χ2n) is 3.36. The van der Waals surface area contributed by atoms with Crippen molar-refractivity contribution >= 4 is 17.1 Å². The van der Waals surface area contributed by atoms with Gasteiger partial charge in [-0.1, -0.05) is 0 Å². The molecule has 0 fully saturated rings. The third kappa shape index (κ3) is 2.36. The van der Waals surface area contributed by atoms with Crippen LogP contribution in [0.4, 0.5) is 0 Å². The van der Waals surface area contributed by atoms with Crippen LogP contribution in [0, 0.1) is 0 Å². The standard InChI is InChI=1S/C11H13N3O2/c1-2-16-10(15)6-5-9-13-8-4-3-7-12-11(8)14-9/h3-4,7H,2,5-6H2,1H3,(H,12,13,14). The van der Waals surface area contributed by atoms with Crippen LogP contribution >= 0.6 is 0 Å². The van der Waals surface area contributed by atoms with E-state index in [9.17, 15) is 4.79 Å². The van der Waals surface area contributed by atoms with Gasteiger partial charge in [-0.3, -0.25) is 4.79 Å². The lowest BCUT2D eigenvalue weighted by Gasteiger charge is -1.98. The predicted octanol–water partition coefficient (Wildman–Crippen LogP) is 1.45. The molecule has 0 aliphatic carbocycles. The van der Waals surface area contributed by atoms with Gasteiger partial charge in [-0.2, -0.15) is 0 Å². The van der Waals surface area contributed by atoms with Gasteiger partial charge in [-0.25, -0.2) is 9.97 Å². The molecule has 0 saturated heterocycles. The first-order chi connectivity index (χ1) is 7.79. The number of esters is 1. The molecule has 2 aromatic rings. The molecule has 84 valence electrons. The zero-order valence-corrected chi connectivity index (χ0v) is 9.06. The van der Waals surface area contributed by atoms with Gasteiger partial charge in [0.05, 0.1) is 18.5 Å². The van der Waals surface area contributed by atoms with Gasteiger partial charge in [-0.05, 0) is 19.1 Å². The number of imidazole rings is 1. The first kappa shape index (κ1) is 10.6. The summed E-state index contributed by atoms with van der Waals surface area (Å²) < 4.78 is 4.84. The average molecular weight is 219 g/mol. The van der Waals surface area contributed by atoms with Crippen LogP contribution in [0.1, 0.15) is 19.2 Å². The van der Waals surface area contributed by atoms with Gasteiger partial charge < -0.3 is 9.72 Å². The summed E-state index contributed by atoms with van der Waals surface area (Å²) in [6.07, 6.45) is 2.58. The van der Waals surface area contributed by atoms with Gasteiger partial charge in [0, 0.05) is 12.6 Å². The Bertz CT molecular complexity index is 460. The molecule has 0 saturated carbocycles. The zero-order chi connectivity index (χ0) is 11.4. The van der Waals surface area contributed by atoms with Crippen LogP contribution in [0.25, 0.3) is 11.2 Å². The average Bonchev–Trinajstić information content (AvgIpc) is 2.69. The lowest BCUT2D eigenvalue weighted by molar-refractivity contribution is -0.143. The molecule has 5 heteroatoms. The molecule has 5 nitrogen and oxygen atoms in total. The lowest BCUT2D eigenvalue weighted by Crippen LogP contribution is -2.05. The van der Waals surface area contributed by atoms with Crippen LogP contribution in [0.2, 0.25) is 0 Å². The highest BCUT2D eigenvalue weighted by Gasteiger charge is 2.06. The molecule has 0 aliphatic rings. The highest BCUT2D eigenvalue weighted by Crippen LogP contribution is 2.08. The third-order valence-corrected chi connectivity index (χ3v) is 2.18. The van der Waals surface area contributed by atoms with E-state index in [1.54, 1.807) is 13.1 Å². The Morgan fingerprint density at radius 3 is 3.19 bits per heavy atom. The van der Waals surface area contributed by atoms with E-state index in [0.29, 0.717) is 25.1 Å². The number of pyridine rings is 1. The fourth-order valence-electron chi connectivity index (χ4n) is 1.47. The molecule has 0 spiro atoms. The molecule has 2 rings (SSSR count). The van der Waals surface area contributed by atoms with Crippen molar-refractivity contribution in [2.45, 2.75) is 19.8 Å². The first-order valence-electron chi connectivity index (χ1n) is 5.25. The molecule has 0 bridgehead atoms. The maximum Gasteiger partial charge on any atom is 0.306 e. The minimum Gasteiger partial charge on any atom is -0.466 e. The fraction of sp³-hybridized carbons (Fsp3) is 0.364. The van der Waals surface area contributed by atoms with Gasteiger partial charge in [0.15, 0.2) is 5.65 Å². The Kier molecular flexibility index (Phi) is 3.14. The minimum atomic E-state index is -0.198. The molecule has 0 radical (unpaired) electrons. The van der Waals surface area contributed by atoms with Gasteiger partial charge in [0.1, 0.15) is 5.82 Å². The van der Waals surface area contributed by atoms with E-state index in [1.165, 1.54) is 0 Å². The van der Waals surface area contributed by atoms with Crippen LogP contribution in [-0.4, -0.2) is 27.5 Å². The number of hydrogen-bond acceptors (Lipinski definition) is 4. The maximum atomic E-state index is 11.2. The predicted molar refractivity (Wildman–Crippen MR) is 58.8 cm³/mol. The Balaban J connectivity index is 2.02. The van der Waals surface area contributed by atoms with Crippen molar-refractivity contribution in [1.29, 1.82) is 0 Å². The van der Waals surface area contributed by atoms with E-state index in [2.05, 4.69) is 15.0 Å². The van der Waals surface area contributed by atoms with Crippen molar-refractivity contribution in [2.75, 3.05) is 6.61 Å². The molecule has 0 aromatic carbocycles. The fourth-order valence-corrected chi connectivity index (χ4v) is 1.47. The SMILES string of the molecule is CCOC(=O)CCc1nc2ncccc2[nH]1. The summed E-state index contributed by atoms with van der Waals surface area (Å²) in [5.41, 5.74) is 1.57. The van der Waals surface area contributed by atoms with Crippen LogP contribution in [0.3, 0.4) is 0 Å². The number of rotatable bonds is 4. The number of H-pyrrole nitrogens is 1. The number of nitrogens with one attached hydrogen (secondary N) is 1. The van der Waals surface area contributed by atoms with E-state index in [0.717, 1.165) is 11.3 Å². The summed E-state index contributed by atoms with van der Waals surface area (Å²) in [7, 11) is 0. The summed E-state index contributed by atoms with van der Waals surface area (Å²) in [6.45, 7) is 2.21. The number of carbonyl (C=O) groups is 1. The third-order valence-electron chi connectivity index (χ3n) is 2.18. The van der Waals surface area contributed by atoms with Gasteiger partial charge >= 0.3 is 5.97 Å². The quantitative estimate of drug-likeness (QED) is 0.790. The second kappa shape index (κ2) is 4.74. The molecule has 1 N–H and O–H groups in total. The van der Waals surface area contributed by atoms with Crippen LogP contribution in [0.15, 0.2) is 18.3 Å². The Hall–Kier alpha value is -1.91. The molecule has 0 atom stereocenters. The summed E-state index contributed by atoms with van der Waals surface area (Å²) in [4.78, 5) is 22.6. The molecular weight excluding hydrogens is 206 g/mol. The van der Waals surface area contributed by atoms with Crippen LogP contribution in [-0.2, 0) is 16.0 Å². The number of hydrogen-bond donors (Lipinski definition) is 1. The molecular formula is C11H13N3O2. The van der Waals surface area contributed by atoms with Gasteiger partial charge in [-0.15, -0.1) is 0 Å². The monoisotopic (exact) mass is 219 g/mol. The molecule has 2 aromatic heterocycles. The Morgan fingerprint density at radius 2 is 2.44 bits per heavy atom. The van der Waals surface area contributed by atoms with E-state index in [1.807, 2.05) is 12.1 Å². The van der Waals surface area contributed by atoms with Crippen molar-refractivity contribution in [3.8, 4) is 0 Å². The topological polar surface area (TPSA) is 67.9 Å². The highest BCUT2D eigenvalue weighted by atomic mass is 16.5. The summed E-state index contributed by atoms with van der Waals surface area (Å²) in [5, 5.41) is 0. The summed E-state index contributed by atoms with van der Waals surface area (Å²) in [6, 6.07) is 3.75.